The summed E-state index contributed by atoms with van der Waals surface area (Å²) in [5.74, 6) is 5.89. The fraction of sp³-hybridized carbons (Fsp3) is 0.300. The molecule has 18 heavy (non-hydrogen) atoms. The number of aromatic nitrogens is 3. The van der Waals surface area contributed by atoms with Gasteiger partial charge in [0.2, 0.25) is 0 Å². The third kappa shape index (κ3) is 2.48. The summed E-state index contributed by atoms with van der Waals surface area (Å²) in [5.41, 5.74) is 3.06. The number of carbonyl (C=O) groups excluding carboxylic acids is 1. The Morgan fingerprint density at radius 3 is 3.17 bits per heavy atom. The maximum absolute atomic E-state index is 11.3. The lowest BCUT2D eigenvalue weighted by Crippen LogP contribution is -2.19. The molecular weight excluding hydrogens is 236 g/mol. The van der Waals surface area contributed by atoms with E-state index >= 15 is 0 Å². The number of hydrogen-bond donors (Lipinski definition) is 3. The average molecular weight is 250 g/mol. The van der Waals surface area contributed by atoms with Crippen molar-refractivity contribution in [2.75, 3.05) is 23.9 Å². The van der Waals surface area contributed by atoms with Crippen LogP contribution in [0, 0.1) is 0 Å². The molecule has 0 aliphatic heterocycles. The number of hydrogen-bond acceptors (Lipinski definition) is 7. The molecule has 0 unspecified atom stereocenters. The lowest BCUT2D eigenvalue weighted by Gasteiger charge is -2.08. The van der Waals surface area contributed by atoms with Crippen LogP contribution in [0.4, 0.5) is 11.6 Å². The molecule has 0 aromatic carbocycles. The van der Waals surface area contributed by atoms with Crippen LogP contribution in [0.15, 0.2) is 18.6 Å². The van der Waals surface area contributed by atoms with Gasteiger partial charge in [0.15, 0.2) is 17.3 Å². The van der Waals surface area contributed by atoms with Crippen LogP contribution >= 0.6 is 0 Å². The highest BCUT2D eigenvalue weighted by atomic mass is 16.5. The van der Waals surface area contributed by atoms with Crippen LogP contribution in [-0.2, 0) is 9.53 Å². The number of hydrazine groups is 1. The van der Waals surface area contributed by atoms with E-state index in [4.69, 9.17) is 10.6 Å². The first-order valence-corrected chi connectivity index (χ1v) is 5.44. The first-order chi connectivity index (χ1) is 8.74. The van der Waals surface area contributed by atoms with E-state index in [0.717, 1.165) is 0 Å². The van der Waals surface area contributed by atoms with Gasteiger partial charge < -0.3 is 19.9 Å². The van der Waals surface area contributed by atoms with Gasteiger partial charge >= 0.3 is 5.97 Å². The van der Waals surface area contributed by atoms with Gasteiger partial charge in [0.1, 0.15) is 6.54 Å². The van der Waals surface area contributed by atoms with Crippen LogP contribution < -0.4 is 16.6 Å². The summed E-state index contributed by atoms with van der Waals surface area (Å²) in [5, 5.41) is 2.87. The van der Waals surface area contributed by atoms with E-state index < -0.39 is 0 Å². The summed E-state index contributed by atoms with van der Waals surface area (Å²) >= 11 is 0. The molecular formula is C10H14N6O2. The van der Waals surface area contributed by atoms with Gasteiger partial charge in [-0.2, -0.15) is 0 Å². The summed E-state index contributed by atoms with van der Waals surface area (Å²) in [7, 11) is 0. The van der Waals surface area contributed by atoms with E-state index in [0.29, 0.717) is 23.9 Å². The fourth-order valence-corrected chi connectivity index (χ4v) is 1.49. The van der Waals surface area contributed by atoms with E-state index in [1.165, 1.54) is 0 Å². The van der Waals surface area contributed by atoms with Crippen molar-refractivity contribution in [1.82, 2.24) is 14.4 Å². The third-order valence-corrected chi connectivity index (χ3v) is 2.23. The van der Waals surface area contributed by atoms with Gasteiger partial charge in [-0.25, -0.2) is 15.8 Å². The smallest absolute Gasteiger partial charge is 0.325 e. The van der Waals surface area contributed by atoms with Crippen molar-refractivity contribution < 1.29 is 9.53 Å². The van der Waals surface area contributed by atoms with Gasteiger partial charge in [-0.3, -0.25) is 4.79 Å². The van der Waals surface area contributed by atoms with Crippen LogP contribution in [0.5, 0.6) is 0 Å². The summed E-state index contributed by atoms with van der Waals surface area (Å²) in [6.07, 6.45) is 5.08. The number of carbonyl (C=O) groups is 1. The third-order valence-electron chi connectivity index (χ3n) is 2.23. The van der Waals surface area contributed by atoms with Gasteiger partial charge in [0.05, 0.1) is 12.8 Å². The van der Waals surface area contributed by atoms with Crippen molar-refractivity contribution >= 4 is 23.3 Å². The monoisotopic (exact) mass is 250 g/mol. The Balaban J connectivity index is 2.20. The number of anilines is 2. The van der Waals surface area contributed by atoms with Crippen molar-refractivity contribution in [3.8, 4) is 0 Å². The minimum Gasteiger partial charge on any atom is -0.465 e. The Kier molecular flexibility index (Phi) is 3.58. The second-order valence-electron chi connectivity index (χ2n) is 3.44. The fourth-order valence-electron chi connectivity index (χ4n) is 1.49. The Bertz CT molecular complexity index is 552. The molecule has 8 nitrogen and oxygen atoms in total. The first-order valence-electron chi connectivity index (χ1n) is 5.44. The highest BCUT2D eigenvalue weighted by Gasteiger charge is 2.09. The van der Waals surface area contributed by atoms with Gasteiger partial charge in [-0.05, 0) is 6.92 Å². The maximum atomic E-state index is 11.3. The predicted molar refractivity (Wildman–Crippen MR) is 65.9 cm³/mol. The maximum Gasteiger partial charge on any atom is 0.325 e. The molecule has 0 saturated heterocycles. The molecule has 2 aromatic rings. The Morgan fingerprint density at radius 2 is 2.44 bits per heavy atom. The highest BCUT2D eigenvalue weighted by Crippen LogP contribution is 2.15. The van der Waals surface area contributed by atoms with E-state index in [9.17, 15) is 4.79 Å². The van der Waals surface area contributed by atoms with E-state index in [1.807, 2.05) is 0 Å². The van der Waals surface area contributed by atoms with E-state index in [1.54, 1.807) is 29.9 Å². The van der Waals surface area contributed by atoms with Crippen LogP contribution in [0.3, 0.4) is 0 Å². The lowest BCUT2D eigenvalue weighted by molar-refractivity contribution is -0.140. The number of rotatable bonds is 5. The quantitative estimate of drug-likeness (QED) is 0.389. The molecule has 96 valence electrons. The molecule has 2 rings (SSSR count). The van der Waals surface area contributed by atoms with Crippen LogP contribution in [-0.4, -0.2) is 33.5 Å². The minimum absolute atomic E-state index is 0.0252. The molecule has 2 aromatic heterocycles. The Hall–Kier alpha value is -2.35. The van der Waals surface area contributed by atoms with E-state index in [-0.39, 0.29) is 12.5 Å². The molecule has 0 bridgehead atoms. The number of nitrogens with one attached hydrogen (secondary N) is 2. The zero-order valence-corrected chi connectivity index (χ0v) is 9.88. The van der Waals surface area contributed by atoms with Crippen molar-refractivity contribution in [2.24, 2.45) is 5.84 Å². The zero-order chi connectivity index (χ0) is 13.0. The number of ether oxygens (including phenoxy) is 1. The SMILES string of the molecule is CCOC(=O)CNc1nc(NN)cn2ccnc12. The van der Waals surface area contributed by atoms with Crippen molar-refractivity contribution in [3.05, 3.63) is 18.6 Å². The molecule has 0 amide bonds. The molecule has 8 heteroatoms. The molecule has 4 N–H and O–H groups in total. The van der Waals surface area contributed by atoms with Gasteiger partial charge in [-0.1, -0.05) is 0 Å². The first kappa shape index (κ1) is 12.1. The van der Waals surface area contributed by atoms with Crippen molar-refractivity contribution in [1.29, 1.82) is 0 Å². The normalized spacial score (nSPS) is 10.3. The number of imidazole rings is 1. The van der Waals surface area contributed by atoms with Crippen LogP contribution in [0.25, 0.3) is 5.65 Å². The molecule has 0 saturated carbocycles. The second-order valence-corrected chi connectivity index (χ2v) is 3.44. The second kappa shape index (κ2) is 5.32. The standard InChI is InChI=1S/C10H14N6O2/c1-2-18-8(17)5-13-9-10-12-3-4-16(10)6-7(14-9)15-11/h3-4,6,15H,2,5,11H2,1H3,(H,13,14). The van der Waals surface area contributed by atoms with Gasteiger partial charge in [0, 0.05) is 12.4 Å². The molecule has 0 aliphatic carbocycles. The lowest BCUT2D eigenvalue weighted by atomic mass is 10.5. The number of nitrogen functional groups attached to an aromatic ring is 1. The van der Waals surface area contributed by atoms with Crippen LogP contribution in [0.1, 0.15) is 6.92 Å². The molecule has 0 fully saturated rings. The molecule has 0 atom stereocenters. The molecule has 0 radical (unpaired) electrons. The van der Waals surface area contributed by atoms with E-state index in [2.05, 4.69) is 20.7 Å². The Morgan fingerprint density at radius 1 is 1.61 bits per heavy atom. The van der Waals surface area contributed by atoms with Crippen molar-refractivity contribution in [3.63, 3.8) is 0 Å². The minimum atomic E-state index is -0.352. The highest BCUT2D eigenvalue weighted by molar-refractivity contribution is 5.77. The van der Waals surface area contributed by atoms with Crippen LogP contribution in [0.2, 0.25) is 0 Å². The zero-order valence-electron chi connectivity index (χ0n) is 9.88. The Labute approximate surface area is 103 Å². The number of fused-ring (bicyclic) bond motifs is 1. The summed E-state index contributed by atoms with van der Waals surface area (Å²) < 4.78 is 6.56. The summed E-state index contributed by atoms with van der Waals surface area (Å²) in [4.78, 5) is 19.6. The molecule has 0 aliphatic rings. The van der Waals surface area contributed by atoms with Crippen molar-refractivity contribution in [2.45, 2.75) is 6.92 Å². The number of nitrogens with two attached hydrogens (primary N) is 1. The van der Waals surface area contributed by atoms with Gasteiger partial charge in [0.25, 0.3) is 0 Å². The van der Waals surface area contributed by atoms with Gasteiger partial charge in [-0.15, -0.1) is 0 Å². The summed E-state index contributed by atoms with van der Waals surface area (Å²) in [6.45, 7) is 2.12. The number of nitrogens with zero attached hydrogens (tertiary/aromatic N) is 3. The summed E-state index contributed by atoms with van der Waals surface area (Å²) in [6, 6.07) is 0. The molecule has 2 heterocycles. The predicted octanol–water partition coefficient (Wildman–Crippen LogP) is -0.0101. The molecule has 0 spiro atoms. The largest absolute Gasteiger partial charge is 0.465 e. The topological polar surface area (TPSA) is 107 Å². The number of esters is 1. The average Bonchev–Trinajstić information content (AvgIpc) is 2.84.